The van der Waals surface area contributed by atoms with E-state index in [0.29, 0.717) is 19.0 Å². The third kappa shape index (κ3) is 5.32. The molecule has 5 nitrogen and oxygen atoms in total. The van der Waals surface area contributed by atoms with Gasteiger partial charge in [-0.25, -0.2) is 4.98 Å². The van der Waals surface area contributed by atoms with Crippen molar-refractivity contribution in [1.29, 1.82) is 0 Å². The topological polar surface area (TPSA) is 74.3 Å². The van der Waals surface area contributed by atoms with Crippen LogP contribution in [0.1, 0.15) is 32.4 Å². The Labute approximate surface area is 147 Å². The number of alkyl halides is 3. The molecule has 1 saturated heterocycles. The van der Waals surface area contributed by atoms with Gasteiger partial charge in [-0.2, -0.15) is 13.2 Å². The number of anilines is 1. The SMILES string of the molecule is CC(C)(C(=O)Nc1cccc(C(F)(F)F)n1)[S@+]([O-])CC1CCOCC1. The van der Waals surface area contributed by atoms with Crippen LogP contribution in [0.25, 0.3) is 0 Å². The van der Waals surface area contributed by atoms with Crippen LogP contribution in [0.5, 0.6) is 0 Å². The highest BCUT2D eigenvalue weighted by atomic mass is 32.2. The summed E-state index contributed by atoms with van der Waals surface area (Å²) in [6.07, 6.45) is -3.01. The van der Waals surface area contributed by atoms with Crippen LogP contribution in [0.15, 0.2) is 18.2 Å². The fraction of sp³-hybridized carbons (Fsp3) is 0.625. The van der Waals surface area contributed by atoms with Gasteiger partial charge in [-0.15, -0.1) is 0 Å². The summed E-state index contributed by atoms with van der Waals surface area (Å²) in [5, 5.41) is 2.35. The lowest BCUT2D eigenvalue weighted by molar-refractivity contribution is -0.141. The number of hydrogen-bond donors (Lipinski definition) is 1. The second-order valence-corrected chi connectivity index (χ2v) is 8.48. The van der Waals surface area contributed by atoms with Crippen molar-refractivity contribution in [2.45, 2.75) is 37.6 Å². The molecule has 140 valence electrons. The number of nitrogens with one attached hydrogen (secondary N) is 1. The Bertz CT molecular complexity index is 605. The number of amides is 1. The van der Waals surface area contributed by atoms with Gasteiger partial charge in [0.2, 0.25) is 0 Å². The number of carbonyl (C=O) groups is 1. The number of nitrogens with zero attached hydrogens (tertiary/aromatic N) is 1. The van der Waals surface area contributed by atoms with E-state index in [0.717, 1.165) is 25.0 Å². The molecule has 1 aromatic heterocycles. The summed E-state index contributed by atoms with van der Waals surface area (Å²) in [4.78, 5) is 15.8. The molecule has 9 heteroatoms. The van der Waals surface area contributed by atoms with Gasteiger partial charge in [0.25, 0.3) is 5.91 Å². The molecule has 0 spiro atoms. The molecule has 1 aliphatic rings. The maximum absolute atomic E-state index is 12.7. The molecule has 1 fully saturated rings. The minimum Gasteiger partial charge on any atom is -0.616 e. The molecule has 1 N–H and O–H groups in total. The predicted octanol–water partition coefficient (Wildman–Crippen LogP) is 2.99. The molecule has 0 bridgehead atoms. The van der Waals surface area contributed by atoms with Crippen molar-refractivity contribution in [2.75, 3.05) is 24.3 Å². The Morgan fingerprint density at radius 1 is 1.36 bits per heavy atom. The van der Waals surface area contributed by atoms with Crippen LogP contribution in [-0.4, -0.2) is 39.2 Å². The van der Waals surface area contributed by atoms with Gasteiger partial charge in [-0.1, -0.05) is 6.07 Å². The van der Waals surface area contributed by atoms with Gasteiger partial charge in [0.15, 0.2) is 4.75 Å². The summed E-state index contributed by atoms with van der Waals surface area (Å²) in [5.41, 5.74) is -1.09. The first-order valence-corrected chi connectivity index (χ1v) is 9.24. The lowest BCUT2D eigenvalue weighted by Crippen LogP contribution is -2.47. The number of hydrogen-bond acceptors (Lipinski definition) is 4. The van der Waals surface area contributed by atoms with Crippen molar-refractivity contribution >= 4 is 22.9 Å². The molecule has 0 saturated carbocycles. The molecule has 0 aromatic carbocycles. The maximum Gasteiger partial charge on any atom is 0.433 e. The van der Waals surface area contributed by atoms with E-state index in [4.69, 9.17) is 4.74 Å². The molecule has 1 aliphatic heterocycles. The second kappa shape index (κ2) is 7.92. The van der Waals surface area contributed by atoms with E-state index < -0.39 is 33.7 Å². The van der Waals surface area contributed by atoms with Gasteiger partial charge in [0, 0.05) is 19.1 Å². The van der Waals surface area contributed by atoms with Crippen LogP contribution in [0.2, 0.25) is 0 Å². The first kappa shape index (κ1) is 20.0. The number of ether oxygens (including phenoxy) is 1. The van der Waals surface area contributed by atoms with Crippen LogP contribution >= 0.6 is 0 Å². The van der Waals surface area contributed by atoms with Crippen LogP contribution in [-0.2, 0) is 26.9 Å². The molecule has 0 radical (unpaired) electrons. The van der Waals surface area contributed by atoms with Crippen molar-refractivity contribution < 1.29 is 27.3 Å². The summed E-state index contributed by atoms with van der Waals surface area (Å²) in [6.45, 7) is 4.27. The Morgan fingerprint density at radius 2 is 2.00 bits per heavy atom. The monoisotopic (exact) mass is 378 g/mol. The highest BCUT2D eigenvalue weighted by Crippen LogP contribution is 2.29. The molecule has 25 heavy (non-hydrogen) atoms. The molecule has 2 heterocycles. The molecule has 1 aromatic rings. The van der Waals surface area contributed by atoms with Gasteiger partial charge in [0.1, 0.15) is 17.3 Å². The minimum atomic E-state index is -4.60. The fourth-order valence-electron chi connectivity index (χ4n) is 2.37. The summed E-state index contributed by atoms with van der Waals surface area (Å²) in [7, 11) is 0. The summed E-state index contributed by atoms with van der Waals surface area (Å²) >= 11 is -1.47. The highest BCUT2D eigenvalue weighted by Gasteiger charge is 2.42. The van der Waals surface area contributed by atoms with Crippen molar-refractivity contribution in [2.24, 2.45) is 5.92 Å². The largest absolute Gasteiger partial charge is 0.616 e. The van der Waals surface area contributed by atoms with Crippen molar-refractivity contribution in [3.05, 3.63) is 23.9 Å². The Morgan fingerprint density at radius 3 is 2.60 bits per heavy atom. The molecule has 0 unspecified atom stereocenters. The highest BCUT2D eigenvalue weighted by molar-refractivity contribution is 7.93. The third-order valence-electron chi connectivity index (χ3n) is 4.13. The van der Waals surface area contributed by atoms with Crippen LogP contribution in [0, 0.1) is 5.92 Å². The van der Waals surface area contributed by atoms with E-state index in [1.807, 2.05) is 0 Å². The fourth-order valence-corrected chi connectivity index (χ4v) is 3.80. The minimum absolute atomic E-state index is 0.212. The van der Waals surface area contributed by atoms with Crippen molar-refractivity contribution in [1.82, 2.24) is 4.98 Å². The van der Waals surface area contributed by atoms with Gasteiger partial charge in [0.05, 0.1) is 0 Å². The van der Waals surface area contributed by atoms with E-state index >= 15 is 0 Å². The molecule has 2 rings (SSSR count). The first-order chi connectivity index (χ1) is 11.6. The van der Waals surface area contributed by atoms with E-state index in [-0.39, 0.29) is 11.7 Å². The van der Waals surface area contributed by atoms with Gasteiger partial charge in [-0.05, 0) is 50.0 Å². The van der Waals surface area contributed by atoms with Crippen LogP contribution < -0.4 is 5.32 Å². The molecule has 1 amide bonds. The number of pyridine rings is 1. The zero-order valence-corrected chi connectivity index (χ0v) is 14.9. The molecule has 0 aliphatic carbocycles. The predicted molar refractivity (Wildman–Crippen MR) is 88.5 cm³/mol. The normalized spacial score (nSPS) is 18.0. The third-order valence-corrected chi connectivity index (χ3v) is 6.22. The lowest BCUT2D eigenvalue weighted by Gasteiger charge is -2.31. The smallest absolute Gasteiger partial charge is 0.433 e. The lowest BCUT2D eigenvalue weighted by atomic mass is 10.0. The van der Waals surface area contributed by atoms with Gasteiger partial charge < -0.3 is 14.6 Å². The number of halogens is 3. The molecular weight excluding hydrogens is 357 g/mol. The molecule has 1 atom stereocenters. The van der Waals surface area contributed by atoms with Crippen LogP contribution in [0.3, 0.4) is 0 Å². The standard InChI is InChI=1S/C16H21F3N2O3S/c1-15(2,25(23)10-11-6-8-24-9-7-11)14(22)21-13-5-3-4-12(20-13)16(17,18)19/h3-5,11H,6-10H2,1-2H3,(H,20,21,22)/t25-/m1/s1. The van der Waals surface area contributed by atoms with E-state index in [1.165, 1.54) is 19.9 Å². The number of rotatable bonds is 5. The Hall–Kier alpha value is -1.32. The van der Waals surface area contributed by atoms with E-state index in [2.05, 4.69) is 10.3 Å². The quantitative estimate of drug-likeness (QED) is 0.800. The number of aromatic nitrogens is 1. The summed E-state index contributed by atoms with van der Waals surface area (Å²) < 4.78 is 54.7. The van der Waals surface area contributed by atoms with E-state index in [9.17, 15) is 22.5 Å². The zero-order valence-electron chi connectivity index (χ0n) is 14.1. The summed E-state index contributed by atoms with van der Waals surface area (Å²) in [5.74, 6) is -0.256. The van der Waals surface area contributed by atoms with Crippen molar-refractivity contribution in [3.63, 3.8) is 0 Å². The van der Waals surface area contributed by atoms with Crippen LogP contribution in [0.4, 0.5) is 19.0 Å². The maximum atomic E-state index is 12.7. The second-order valence-electron chi connectivity index (χ2n) is 6.44. The van der Waals surface area contributed by atoms with Gasteiger partial charge in [-0.3, -0.25) is 4.79 Å². The van der Waals surface area contributed by atoms with E-state index in [1.54, 1.807) is 0 Å². The Kier molecular flexibility index (Phi) is 6.34. The number of carbonyl (C=O) groups excluding carboxylic acids is 1. The van der Waals surface area contributed by atoms with Crippen molar-refractivity contribution in [3.8, 4) is 0 Å². The first-order valence-electron chi connectivity index (χ1n) is 7.92. The van der Waals surface area contributed by atoms with Gasteiger partial charge >= 0.3 is 6.18 Å². The zero-order chi connectivity index (χ0) is 18.7. The summed E-state index contributed by atoms with van der Waals surface area (Å²) in [6, 6.07) is 3.26. The average molecular weight is 378 g/mol. The average Bonchev–Trinajstić information content (AvgIpc) is 2.55. The molecular formula is C16H21F3N2O3S. The Balaban J connectivity index is 2.02.